The predicted octanol–water partition coefficient (Wildman–Crippen LogP) is 3.13. The van der Waals surface area contributed by atoms with Crippen molar-refractivity contribution in [2.75, 3.05) is 18.6 Å². The van der Waals surface area contributed by atoms with E-state index in [2.05, 4.69) is 4.90 Å². The maximum absolute atomic E-state index is 13.1. The summed E-state index contributed by atoms with van der Waals surface area (Å²) in [5.74, 6) is 0.624. The smallest absolute Gasteiger partial charge is 0.244 e. The SMILES string of the molecule is COc1ccc(C)cc1N1C(=O)[C@@H]2C[C@H]1CN2Cc1ccc(F)cc1. The van der Waals surface area contributed by atoms with E-state index in [4.69, 9.17) is 4.74 Å². The summed E-state index contributed by atoms with van der Waals surface area (Å²) in [6.07, 6.45) is 0.830. The van der Waals surface area contributed by atoms with Crippen LogP contribution in [0, 0.1) is 12.7 Å². The van der Waals surface area contributed by atoms with Crippen LogP contribution in [0.3, 0.4) is 0 Å². The lowest BCUT2D eigenvalue weighted by Crippen LogP contribution is -2.50. The van der Waals surface area contributed by atoms with Crippen molar-refractivity contribution in [2.24, 2.45) is 0 Å². The second-order valence-electron chi connectivity index (χ2n) is 6.84. The number of carbonyl (C=O) groups excluding carboxylic acids is 1. The Morgan fingerprint density at radius 3 is 2.64 bits per heavy atom. The molecule has 0 radical (unpaired) electrons. The van der Waals surface area contributed by atoms with Gasteiger partial charge >= 0.3 is 0 Å². The summed E-state index contributed by atoms with van der Waals surface area (Å²) in [6.45, 7) is 3.51. The molecule has 2 aliphatic heterocycles. The summed E-state index contributed by atoms with van der Waals surface area (Å²) in [6, 6.07) is 12.5. The largest absolute Gasteiger partial charge is 0.495 e. The van der Waals surface area contributed by atoms with Gasteiger partial charge in [-0.3, -0.25) is 9.69 Å². The Morgan fingerprint density at radius 2 is 1.96 bits per heavy atom. The molecule has 2 fully saturated rings. The van der Waals surface area contributed by atoms with Crippen molar-refractivity contribution >= 4 is 11.6 Å². The number of aryl methyl sites for hydroxylation is 1. The Labute approximate surface area is 146 Å². The van der Waals surface area contributed by atoms with E-state index in [0.29, 0.717) is 6.54 Å². The number of carbonyl (C=O) groups is 1. The van der Waals surface area contributed by atoms with Gasteiger partial charge in [0.15, 0.2) is 0 Å². The molecule has 2 aliphatic rings. The van der Waals surface area contributed by atoms with E-state index >= 15 is 0 Å². The van der Waals surface area contributed by atoms with Crippen LogP contribution >= 0.6 is 0 Å². The van der Waals surface area contributed by atoms with Gasteiger partial charge in [0, 0.05) is 13.1 Å². The van der Waals surface area contributed by atoms with Crippen molar-refractivity contribution in [2.45, 2.75) is 32.0 Å². The van der Waals surface area contributed by atoms with Gasteiger partial charge in [-0.2, -0.15) is 0 Å². The van der Waals surface area contributed by atoms with Crippen LogP contribution in [0.1, 0.15) is 17.5 Å². The van der Waals surface area contributed by atoms with Crippen molar-refractivity contribution in [3.63, 3.8) is 0 Å². The molecule has 4 nitrogen and oxygen atoms in total. The highest BCUT2D eigenvalue weighted by atomic mass is 19.1. The maximum atomic E-state index is 13.1. The van der Waals surface area contributed by atoms with Crippen molar-refractivity contribution in [3.05, 3.63) is 59.4 Å². The average Bonchev–Trinajstić information content (AvgIpc) is 3.14. The number of nitrogens with zero attached hydrogens (tertiary/aromatic N) is 2. The normalized spacial score (nSPS) is 22.7. The summed E-state index contributed by atoms with van der Waals surface area (Å²) >= 11 is 0. The summed E-state index contributed by atoms with van der Waals surface area (Å²) in [5, 5.41) is 0. The first-order valence-corrected chi connectivity index (χ1v) is 8.53. The van der Waals surface area contributed by atoms with Gasteiger partial charge < -0.3 is 9.64 Å². The highest BCUT2D eigenvalue weighted by molar-refractivity contribution is 6.02. The van der Waals surface area contributed by atoms with E-state index < -0.39 is 0 Å². The first kappa shape index (κ1) is 16.1. The summed E-state index contributed by atoms with van der Waals surface area (Å²) in [4.78, 5) is 17.1. The van der Waals surface area contributed by atoms with Gasteiger partial charge in [-0.15, -0.1) is 0 Å². The molecule has 25 heavy (non-hydrogen) atoms. The molecule has 2 atom stereocenters. The number of amides is 1. The van der Waals surface area contributed by atoms with Crippen LogP contribution in [-0.4, -0.2) is 36.5 Å². The second kappa shape index (κ2) is 6.15. The van der Waals surface area contributed by atoms with Crippen molar-refractivity contribution in [3.8, 4) is 5.75 Å². The van der Waals surface area contributed by atoms with E-state index in [-0.39, 0.29) is 23.8 Å². The first-order chi connectivity index (χ1) is 12.1. The van der Waals surface area contributed by atoms with Crippen molar-refractivity contribution in [1.29, 1.82) is 0 Å². The fourth-order valence-electron chi connectivity index (χ4n) is 3.97. The van der Waals surface area contributed by atoms with Crippen molar-refractivity contribution in [1.82, 2.24) is 4.90 Å². The zero-order chi connectivity index (χ0) is 17.6. The number of likely N-dealkylation sites (tertiary alicyclic amines) is 1. The van der Waals surface area contributed by atoms with Crippen LogP contribution in [0.25, 0.3) is 0 Å². The van der Waals surface area contributed by atoms with E-state index in [9.17, 15) is 9.18 Å². The Morgan fingerprint density at radius 1 is 1.20 bits per heavy atom. The number of anilines is 1. The van der Waals surface area contributed by atoms with Crippen LogP contribution < -0.4 is 9.64 Å². The molecule has 0 aromatic heterocycles. The minimum absolute atomic E-state index is 0.111. The lowest BCUT2D eigenvalue weighted by atomic mass is 10.1. The molecule has 2 heterocycles. The topological polar surface area (TPSA) is 32.8 Å². The minimum atomic E-state index is -0.236. The van der Waals surface area contributed by atoms with E-state index in [1.807, 2.05) is 30.0 Å². The molecule has 4 rings (SSSR count). The summed E-state index contributed by atoms with van der Waals surface area (Å²) in [7, 11) is 1.63. The Balaban J connectivity index is 1.55. The summed E-state index contributed by atoms with van der Waals surface area (Å²) < 4.78 is 18.5. The molecule has 5 heteroatoms. The fraction of sp³-hybridized carbons (Fsp3) is 0.350. The van der Waals surface area contributed by atoms with Gasteiger partial charge in [-0.25, -0.2) is 4.39 Å². The third-order valence-corrected chi connectivity index (χ3v) is 5.16. The molecule has 2 aromatic rings. The number of piperazine rings is 1. The lowest BCUT2D eigenvalue weighted by molar-refractivity contribution is -0.122. The van der Waals surface area contributed by atoms with Crippen LogP contribution in [0.15, 0.2) is 42.5 Å². The average molecular weight is 340 g/mol. The molecule has 0 spiro atoms. The maximum Gasteiger partial charge on any atom is 0.244 e. The highest BCUT2D eigenvalue weighted by Gasteiger charge is 2.50. The Kier molecular flexibility index (Phi) is 3.96. The quantitative estimate of drug-likeness (QED) is 0.857. The molecule has 130 valence electrons. The van der Waals surface area contributed by atoms with Gasteiger partial charge in [-0.05, 0) is 48.7 Å². The van der Waals surface area contributed by atoms with Crippen LogP contribution in [0.2, 0.25) is 0 Å². The number of hydrogen-bond acceptors (Lipinski definition) is 3. The molecule has 0 saturated carbocycles. The third kappa shape index (κ3) is 2.78. The van der Waals surface area contributed by atoms with Crippen LogP contribution in [-0.2, 0) is 11.3 Å². The Hall–Kier alpha value is -2.40. The van der Waals surface area contributed by atoms with Gasteiger partial charge in [-0.1, -0.05) is 18.2 Å². The molecular formula is C20H21FN2O2. The van der Waals surface area contributed by atoms with E-state index in [0.717, 1.165) is 35.5 Å². The van der Waals surface area contributed by atoms with E-state index in [1.54, 1.807) is 19.2 Å². The van der Waals surface area contributed by atoms with Crippen molar-refractivity contribution < 1.29 is 13.9 Å². The highest BCUT2D eigenvalue weighted by Crippen LogP contribution is 2.40. The number of halogens is 1. The number of ether oxygens (including phenoxy) is 1. The molecule has 0 N–H and O–H groups in total. The number of hydrogen-bond donors (Lipinski definition) is 0. The number of rotatable bonds is 4. The lowest BCUT2D eigenvalue weighted by Gasteiger charge is -2.34. The summed E-state index contributed by atoms with van der Waals surface area (Å²) in [5.41, 5.74) is 3.00. The molecule has 0 aliphatic carbocycles. The molecule has 2 aromatic carbocycles. The number of fused-ring (bicyclic) bond motifs is 2. The zero-order valence-electron chi connectivity index (χ0n) is 14.4. The van der Waals surface area contributed by atoms with Gasteiger partial charge in [0.1, 0.15) is 11.6 Å². The van der Waals surface area contributed by atoms with Crippen LogP contribution in [0.4, 0.5) is 10.1 Å². The van der Waals surface area contributed by atoms with Crippen LogP contribution in [0.5, 0.6) is 5.75 Å². The van der Waals surface area contributed by atoms with E-state index in [1.165, 1.54) is 12.1 Å². The molecule has 2 saturated heterocycles. The molecule has 0 unspecified atom stereocenters. The standard InChI is InChI=1S/C20H21FN2O2/c1-13-3-8-19(25-2)17(9-13)23-16-10-18(20(23)24)22(12-16)11-14-4-6-15(21)7-5-14/h3-9,16,18H,10-12H2,1-2H3/t16-,18-/m0/s1. The third-order valence-electron chi connectivity index (χ3n) is 5.16. The fourth-order valence-corrected chi connectivity index (χ4v) is 3.97. The predicted molar refractivity (Wildman–Crippen MR) is 94.2 cm³/mol. The monoisotopic (exact) mass is 340 g/mol. The molecular weight excluding hydrogens is 319 g/mol. The zero-order valence-corrected chi connectivity index (χ0v) is 14.4. The molecule has 2 bridgehead atoms. The molecule has 1 amide bonds. The number of methoxy groups -OCH3 is 1. The first-order valence-electron chi connectivity index (χ1n) is 8.53. The Bertz CT molecular complexity index is 806. The minimum Gasteiger partial charge on any atom is -0.495 e. The van der Waals surface area contributed by atoms with Gasteiger partial charge in [0.05, 0.1) is 24.9 Å². The van der Waals surface area contributed by atoms with Gasteiger partial charge in [0.2, 0.25) is 5.91 Å². The van der Waals surface area contributed by atoms with Gasteiger partial charge in [0.25, 0.3) is 0 Å². The second-order valence-corrected chi connectivity index (χ2v) is 6.84. The number of benzene rings is 2.